The van der Waals surface area contributed by atoms with Crippen LogP contribution in [0.5, 0.6) is 0 Å². The summed E-state index contributed by atoms with van der Waals surface area (Å²) in [5.41, 5.74) is 5.95. The Morgan fingerprint density at radius 3 is 1.54 bits per heavy atom. The molecule has 2 heterocycles. The second kappa shape index (κ2) is 34.4. The summed E-state index contributed by atoms with van der Waals surface area (Å²) in [5.74, 6) is 1.17. The maximum Gasteiger partial charge on any atom is 1.00 e. The van der Waals surface area contributed by atoms with Crippen LogP contribution >= 0.6 is 22.6 Å². The van der Waals surface area contributed by atoms with Crippen LogP contribution in [0, 0.1) is 0 Å². The number of rotatable bonds is 14. The quantitative estimate of drug-likeness (QED) is 0.0399. The van der Waals surface area contributed by atoms with Gasteiger partial charge in [0, 0.05) is 24.2 Å². The molecule has 302 valence electrons. The zero-order valence-corrected chi connectivity index (χ0v) is 48.2. The second-order valence-corrected chi connectivity index (χ2v) is 12.9. The summed E-state index contributed by atoms with van der Waals surface area (Å²) in [4.78, 5) is 36.2. The number of amides is 2. The van der Waals surface area contributed by atoms with Gasteiger partial charge >= 0.3 is 150 Å². The van der Waals surface area contributed by atoms with Crippen LogP contribution in [0.1, 0.15) is 37.5 Å². The Hall–Kier alpha value is -2.18. The first-order valence-corrected chi connectivity index (χ1v) is 19.3. The van der Waals surface area contributed by atoms with Crippen LogP contribution in [0.2, 0.25) is 0 Å². The van der Waals surface area contributed by atoms with E-state index in [0.717, 1.165) is 39.8 Å². The SMILES string of the molecule is CCI.CCn1nnc(-c2ccc(CCNC(=O)OCc3ccccc3)cc2)n1.O=C(NCCc1ccc(-c2nn[nH]n2)cc1)OCc1ccccc1.O=CO[O-].[Cs+].[Cs+].[H-]. The Kier molecular flexibility index (Phi) is 32.0. The number of nitrogens with zero attached hydrogens (tertiary/aromatic N) is 7. The van der Waals surface area contributed by atoms with Crippen LogP contribution in [0.25, 0.3) is 22.8 Å². The molecule has 0 saturated heterocycles. The Morgan fingerprint density at radius 2 is 1.17 bits per heavy atom. The largest absolute Gasteiger partial charge is 1.00 e. The molecule has 6 aromatic rings. The number of benzene rings is 4. The van der Waals surface area contributed by atoms with E-state index in [1.165, 1.54) is 4.43 Å². The van der Waals surface area contributed by atoms with Gasteiger partial charge in [0.2, 0.25) is 11.6 Å². The molecule has 59 heavy (non-hydrogen) atoms. The zero-order chi connectivity index (χ0) is 40.9. The molecule has 3 N–H and O–H groups in total. The minimum atomic E-state index is -0.415. The van der Waals surface area contributed by atoms with E-state index in [4.69, 9.17) is 19.5 Å². The van der Waals surface area contributed by atoms with Crippen LogP contribution in [0.3, 0.4) is 0 Å². The summed E-state index contributed by atoms with van der Waals surface area (Å²) in [5, 5.41) is 40.0. The summed E-state index contributed by atoms with van der Waals surface area (Å²) < 4.78 is 11.6. The molecule has 0 aliphatic carbocycles. The molecule has 0 aliphatic rings. The van der Waals surface area contributed by atoms with Crippen molar-refractivity contribution in [2.75, 3.05) is 17.5 Å². The molecule has 0 bridgehead atoms. The van der Waals surface area contributed by atoms with E-state index in [1.807, 2.05) is 116 Å². The van der Waals surface area contributed by atoms with Crippen molar-refractivity contribution in [1.82, 2.24) is 51.5 Å². The first kappa shape index (κ1) is 54.8. The molecule has 0 radical (unpaired) electrons. The Morgan fingerprint density at radius 1 is 0.729 bits per heavy atom. The van der Waals surface area contributed by atoms with Crippen molar-refractivity contribution in [2.45, 2.75) is 46.4 Å². The van der Waals surface area contributed by atoms with Gasteiger partial charge < -0.3 is 31.7 Å². The maximum absolute atomic E-state index is 11.7. The summed E-state index contributed by atoms with van der Waals surface area (Å²) in [6.45, 7) is 6.15. The number of carbonyl (C=O) groups excluding carboxylic acids is 3. The number of halogens is 1. The summed E-state index contributed by atoms with van der Waals surface area (Å²) in [6.07, 6.45) is 0.607. The molecule has 6 rings (SSSR count). The molecule has 0 saturated carbocycles. The second-order valence-electron chi connectivity index (χ2n) is 11.4. The number of alkyl carbamates (subject to hydrolysis) is 2. The molecular formula is C39H45Cs2IN10O7. The van der Waals surface area contributed by atoms with Gasteiger partial charge in [0.15, 0.2) is 0 Å². The van der Waals surface area contributed by atoms with E-state index in [-0.39, 0.29) is 159 Å². The van der Waals surface area contributed by atoms with Gasteiger partial charge in [-0.3, -0.25) is 4.79 Å². The van der Waals surface area contributed by atoms with Gasteiger partial charge in [-0.2, -0.15) is 10.0 Å². The molecule has 2 amide bonds. The first-order valence-electron chi connectivity index (χ1n) is 17.8. The van der Waals surface area contributed by atoms with E-state index in [2.05, 4.69) is 81.1 Å². The monoisotopic (exact) mass is 1160 g/mol. The molecule has 0 aliphatic heterocycles. The van der Waals surface area contributed by atoms with Crippen LogP contribution in [-0.2, 0) is 51.8 Å². The Balaban J connectivity index is 0.000000964. The number of aromatic nitrogens is 8. The van der Waals surface area contributed by atoms with Crippen molar-refractivity contribution in [2.24, 2.45) is 0 Å². The maximum atomic E-state index is 11.7. The number of H-pyrrole nitrogens is 1. The van der Waals surface area contributed by atoms with Gasteiger partial charge in [0.25, 0.3) is 6.47 Å². The number of hydrogen-bond donors (Lipinski definition) is 3. The number of alkyl halides is 1. The van der Waals surface area contributed by atoms with Crippen LogP contribution in [0.4, 0.5) is 9.59 Å². The van der Waals surface area contributed by atoms with Gasteiger partial charge in [0.1, 0.15) is 13.2 Å². The van der Waals surface area contributed by atoms with Crippen molar-refractivity contribution in [3.8, 4) is 22.8 Å². The third kappa shape index (κ3) is 23.6. The fourth-order valence-electron chi connectivity index (χ4n) is 4.58. The number of tetrazole rings is 2. The number of hydrogen-bond acceptors (Lipinski definition) is 13. The van der Waals surface area contributed by atoms with Crippen LogP contribution in [-0.4, -0.2) is 77.0 Å². The third-order valence-corrected chi connectivity index (χ3v) is 7.34. The van der Waals surface area contributed by atoms with Crippen molar-refractivity contribution in [1.29, 1.82) is 0 Å². The normalized spacial score (nSPS) is 9.49. The third-order valence-electron chi connectivity index (χ3n) is 7.34. The minimum Gasteiger partial charge on any atom is -1.00 e. The van der Waals surface area contributed by atoms with Crippen LogP contribution < -0.4 is 154 Å². The molecule has 0 unspecified atom stereocenters. The molecule has 2 aromatic heterocycles. The van der Waals surface area contributed by atoms with Crippen LogP contribution in [0.15, 0.2) is 109 Å². The summed E-state index contributed by atoms with van der Waals surface area (Å²) >= 11 is 2.29. The number of carbonyl (C=O) groups is 3. The predicted molar refractivity (Wildman–Crippen MR) is 218 cm³/mol. The molecule has 0 atom stereocenters. The standard InChI is InChI=1S/C19H21N5O2.C17H17N5O2.C2H5I.CH2O3.2Cs.H/c1-2-24-22-18(21-23-24)17-10-8-15(9-11-17)12-13-20-19(25)26-14-16-6-4-3-5-7-16;23-17(24-12-14-4-2-1-3-5-14)18-11-10-13-6-8-15(9-7-13)16-19-21-22-20-16;1-2-3;2-1-4-3;;;/h3-11H,2,12-14H2,1H3,(H,20,25);1-9H,10-12H2,(H,18,23)(H,19,20,21,22);2H2,1H3;1,3H;;;/q;;;;2*+1;-1/p-1. The first-order chi connectivity index (χ1) is 27.9. The van der Waals surface area contributed by atoms with E-state index in [0.29, 0.717) is 37.7 Å². The smallest absolute Gasteiger partial charge is 1.00 e. The molecular weight excluding hydrogens is 1110 g/mol. The topological polar surface area (TPSA) is 224 Å². The number of aromatic amines is 1. The molecule has 0 fully saturated rings. The van der Waals surface area contributed by atoms with Gasteiger partial charge in [0.05, 0.1) is 6.54 Å². The van der Waals surface area contributed by atoms with Crippen molar-refractivity contribution in [3.05, 3.63) is 131 Å². The minimum absolute atomic E-state index is 0. The van der Waals surface area contributed by atoms with E-state index < -0.39 is 12.2 Å². The van der Waals surface area contributed by atoms with Gasteiger partial charge in [-0.25, -0.2) is 9.59 Å². The van der Waals surface area contributed by atoms with Crippen molar-refractivity contribution < 1.29 is 173 Å². The average Bonchev–Trinajstić information content (AvgIpc) is 3.98. The Labute approximate surface area is 475 Å². The molecule has 20 heteroatoms. The van der Waals surface area contributed by atoms with Crippen molar-refractivity contribution in [3.63, 3.8) is 0 Å². The predicted octanol–water partition coefficient (Wildman–Crippen LogP) is -0.839. The number of nitrogens with one attached hydrogen (secondary N) is 3. The Bertz CT molecular complexity index is 1990. The molecule has 0 spiro atoms. The average molecular weight is 1160 g/mol. The molecule has 17 nitrogen and oxygen atoms in total. The number of ether oxygens (including phenoxy) is 2. The van der Waals surface area contributed by atoms with E-state index in [1.54, 1.807) is 4.80 Å². The summed E-state index contributed by atoms with van der Waals surface area (Å²) in [6, 6.07) is 34.9. The fraction of sp³-hybridized carbons (Fsp3) is 0.256. The fourth-order valence-corrected chi connectivity index (χ4v) is 4.58. The van der Waals surface area contributed by atoms with Gasteiger partial charge in [-0.05, 0) is 56.9 Å². The molecule has 4 aromatic carbocycles. The summed E-state index contributed by atoms with van der Waals surface area (Å²) in [7, 11) is 0. The van der Waals surface area contributed by atoms with Crippen molar-refractivity contribution >= 4 is 41.2 Å². The van der Waals surface area contributed by atoms with Gasteiger partial charge in [-0.1, -0.05) is 139 Å². The van der Waals surface area contributed by atoms with E-state index >= 15 is 0 Å². The zero-order valence-electron chi connectivity index (χ0n) is 34.5. The number of aryl methyl sites for hydroxylation is 1. The van der Waals surface area contributed by atoms with Gasteiger partial charge in [-0.15, -0.1) is 20.4 Å². The van der Waals surface area contributed by atoms with E-state index in [9.17, 15) is 9.59 Å².